The van der Waals surface area contributed by atoms with Gasteiger partial charge in [0.05, 0.1) is 11.7 Å². The number of nitrogen functional groups attached to an aromatic ring is 1. The lowest BCUT2D eigenvalue weighted by molar-refractivity contribution is -0.129. The van der Waals surface area contributed by atoms with Gasteiger partial charge in [0.1, 0.15) is 0 Å². The van der Waals surface area contributed by atoms with E-state index in [4.69, 9.17) is 5.73 Å². The maximum absolute atomic E-state index is 12.4. The summed E-state index contributed by atoms with van der Waals surface area (Å²) in [4.78, 5) is 30.7. The Kier molecular flexibility index (Phi) is 4.63. The highest BCUT2D eigenvalue weighted by molar-refractivity contribution is 7.13. The predicted octanol–water partition coefficient (Wildman–Crippen LogP) is 1.54. The van der Waals surface area contributed by atoms with Gasteiger partial charge >= 0.3 is 0 Å². The van der Waals surface area contributed by atoms with Crippen molar-refractivity contribution in [3.05, 3.63) is 46.5 Å². The number of fused-ring (bicyclic) bond motifs is 1. The third-order valence-corrected chi connectivity index (χ3v) is 5.89. The number of hydrogen-bond donors (Lipinski definition) is 2. The first kappa shape index (κ1) is 17.0. The number of carbonyl (C=O) groups is 2. The van der Waals surface area contributed by atoms with E-state index in [1.54, 1.807) is 0 Å². The molecule has 1 fully saturated rings. The fourth-order valence-electron chi connectivity index (χ4n) is 3.92. The quantitative estimate of drug-likeness (QED) is 0.836. The molecule has 0 spiro atoms. The van der Waals surface area contributed by atoms with Crippen molar-refractivity contribution < 1.29 is 9.59 Å². The SMILES string of the molecule is Nc1nc(CCC(=O)N[C@@H]2CC(=O)N(C3Cc4ccccc4C3)C2)cs1. The largest absolute Gasteiger partial charge is 0.375 e. The van der Waals surface area contributed by atoms with E-state index in [0.717, 1.165) is 18.5 Å². The Morgan fingerprint density at radius 2 is 2.00 bits per heavy atom. The number of hydrogen-bond acceptors (Lipinski definition) is 5. The van der Waals surface area contributed by atoms with Crippen molar-refractivity contribution in [2.75, 3.05) is 12.3 Å². The first-order valence-electron chi connectivity index (χ1n) is 8.94. The van der Waals surface area contributed by atoms with Crippen LogP contribution in [0.15, 0.2) is 29.6 Å². The Hall–Kier alpha value is -2.41. The molecule has 2 heterocycles. The van der Waals surface area contributed by atoms with Crippen LogP contribution in [-0.4, -0.2) is 40.3 Å². The van der Waals surface area contributed by atoms with Gasteiger partial charge in [0.15, 0.2) is 5.13 Å². The van der Waals surface area contributed by atoms with Gasteiger partial charge in [0, 0.05) is 30.8 Å². The van der Waals surface area contributed by atoms with Crippen molar-refractivity contribution in [2.45, 2.75) is 44.2 Å². The second-order valence-electron chi connectivity index (χ2n) is 7.02. The lowest BCUT2D eigenvalue weighted by atomic mass is 10.1. The number of anilines is 1. The van der Waals surface area contributed by atoms with Crippen LogP contribution in [0.1, 0.15) is 29.7 Å². The molecule has 1 aliphatic heterocycles. The molecule has 1 saturated heterocycles. The molecule has 1 aromatic heterocycles. The van der Waals surface area contributed by atoms with Crippen LogP contribution in [0.3, 0.4) is 0 Å². The Morgan fingerprint density at radius 3 is 2.65 bits per heavy atom. The van der Waals surface area contributed by atoms with Crippen molar-refractivity contribution in [3.8, 4) is 0 Å². The molecule has 1 aromatic carbocycles. The Labute approximate surface area is 156 Å². The normalized spacial score (nSPS) is 19.8. The van der Waals surface area contributed by atoms with E-state index in [1.807, 2.05) is 22.4 Å². The van der Waals surface area contributed by atoms with Gasteiger partial charge in [0.2, 0.25) is 11.8 Å². The summed E-state index contributed by atoms with van der Waals surface area (Å²) in [6.07, 6.45) is 3.15. The highest BCUT2D eigenvalue weighted by Crippen LogP contribution is 2.28. The molecule has 2 amide bonds. The first-order chi connectivity index (χ1) is 12.6. The third-order valence-electron chi connectivity index (χ3n) is 5.17. The molecule has 2 aromatic rings. The molecule has 0 radical (unpaired) electrons. The molecule has 3 N–H and O–H groups in total. The summed E-state index contributed by atoms with van der Waals surface area (Å²) in [5.74, 6) is 0.103. The number of benzene rings is 1. The Balaban J connectivity index is 1.29. The maximum Gasteiger partial charge on any atom is 0.225 e. The molecule has 26 heavy (non-hydrogen) atoms. The molecule has 136 valence electrons. The van der Waals surface area contributed by atoms with Crippen LogP contribution in [0.25, 0.3) is 0 Å². The first-order valence-corrected chi connectivity index (χ1v) is 9.82. The average Bonchev–Trinajstić information content (AvgIpc) is 3.31. The summed E-state index contributed by atoms with van der Waals surface area (Å²) in [5.41, 5.74) is 9.11. The molecule has 6 nitrogen and oxygen atoms in total. The van der Waals surface area contributed by atoms with E-state index in [2.05, 4.69) is 22.4 Å². The number of amides is 2. The molecule has 1 aliphatic carbocycles. The summed E-state index contributed by atoms with van der Waals surface area (Å²) in [7, 11) is 0. The van der Waals surface area contributed by atoms with Gasteiger partial charge in [-0.1, -0.05) is 24.3 Å². The molecule has 0 saturated carbocycles. The average molecular weight is 370 g/mol. The van der Waals surface area contributed by atoms with Crippen LogP contribution < -0.4 is 11.1 Å². The molecule has 4 rings (SSSR count). The molecular formula is C19H22N4O2S. The zero-order valence-electron chi connectivity index (χ0n) is 14.5. The minimum atomic E-state index is -0.0979. The Bertz CT molecular complexity index is 809. The number of thiazole rings is 1. The number of likely N-dealkylation sites (tertiary alicyclic amines) is 1. The van der Waals surface area contributed by atoms with Crippen molar-refractivity contribution >= 4 is 28.3 Å². The van der Waals surface area contributed by atoms with Gasteiger partial charge < -0.3 is 16.0 Å². The van der Waals surface area contributed by atoms with Crippen LogP contribution >= 0.6 is 11.3 Å². The van der Waals surface area contributed by atoms with E-state index in [-0.39, 0.29) is 23.9 Å². The van der Waals surface area contributed by atoms with Crippen LogP contribution in [-0.2, 0) is 28.9 Å². The van der Waals surface area contributed by atoms with Crippen LogP contribution in [0.4, 0.5) is 5.13 Å². The summed E-state index contributed by atoms with van der Waals surface area (Å²) in [6.45, 7) is 0.604. The predicted molar refractivity (Wildman–Crippen MR) is 101 cm³/mol. The van der Waals surface area contributed by atoms with Crippen LogP contribution in [0, 0.1) is 0 Å². The number of carbonyl (C=O) groups excluding carboxylic acids is 2. The van der Waals surface area contributed by atoms with Gasteiger partial charge in [-0.3, -0.25) is 9.59 Å². The summed E-state index contributed by atoms with van der Waals surface area (Å²) in [5, 5.41) is 5.40. The zero-order chi connectivity index (χ0) is 18.1. The van der Waals surface area contributed by atoms with E-state index in [9.17, 15) is 9.59 Å². The number of nitrogens with one attached hydrogen (secondary N) is 1. The molecule has 7 heteroatoms. The summed E-state index contributed by atoms with van der Waals surface area (Å²) >= 11 is 1.38. The summed E-state index contributed by atoms with van der Waals surface area (Å²) < 4.78 is 0. The van der Waals surface area contributed by atoms with Gasteiger partial charge in [-0.05, 0) is 30.4 Å². The standard InChI is InChI=1S/C19H22N4O2S/c20-19-22-14(11-26-19)5-6-17(24)21-15-9-18(25)23(10-15)16-7-12-3-1-2-4-13(12)8-16/h1-4,11,15-16H,5-10H2,(H2,20,22)(H,21,24)/t15-/m1/s1. The lowest BCUT2D eigenvalue weighted by Gasteiger charge is -2.24. The van der Waals surface area contributed by atoms with Gasteiger partial charge in [0.25, 0.3) is 0 Å². The van der Waals surface area contributed by atoms with E-state index in [1.165, 1.54) is 22.5 Å². The van der Waals surface area contributed by atoms with E-state index < -0.39 is 0 Å². The fourth-order valence-corrected chi connectivity index (χ4v) is 4.51. The second kappa shape index (κ2) is 7.07. The number of nitrogens with two attached hydrogens (primary N) is 1. The van der Waals surface area contributed by atoms with Crippen LogP contribution in [0.5, 0.6) is 0 Å². The van der Waals surface area contributed by atoms with Crippen molar-refractivity contribution in [1.82, 2.24) is 15.2 Å². The van der Waals surface area contributed by atoms with Crippen LogP contribution in [0.2, 0.25) is 0 Å². The second-order valence-corrected chi connectivity index (χ2v) is 7.91. The molecule has 0 unspecified atom stereocenters. The van der Waals surface area contributed by atoms with E-state index >= 15 is 0 Å². The van der Waals surface area contributed by atoms with Crippen molar-refractivity contribution in [1.29, 1.82) is 0 Å². The highest BCUT2D eigenvalue weighted by Gasteiger charge is 2.37. The van der Waals surface area contributed by atoms with Gasteiger partial charge in [-0.2, -0.15) is 0 Å². The minimum Gasteiger partial charge on any atom is -0.375 e. The number of aryl methyl sites for hydroxylation is 1. The molecule has 0 bridgehead atoms. The van der Waals surface area contributed by atoms with Gasteiger partial charge in [-0.25, -0.2) is 4.98 Å². The molecule has 2 aliphatic rings. The smallest absolute Gasteiger partial charge is 0.225 e. The lowest BCUT2D eigenvalue weighted by Crippen LogP contribution is -2.41. The monoisotopic (exact) mass is 370 g/mol. The molecule has 1 atom stereocenters. The molecular weight excluding hydrogens is 348 g/mol. The number of rotatable bonds is 5. The zero-order valence-corrected chi connectivity index (χ0v) is 15.3. The number of aromatic nitrogens is 1. The third kappa shape index (κ3) is 3.58. The van der Waals surface area contributed by atoms with Crippen molar-refractivity contribution in [2.24, 2.45) is 0 Å². The number of nitrogens with zero attached hydrogens (tertiary/aromatic N) is 2. The van der Waals surface area contributed by atoms with Crippen molar-refractivity contribution in [3.63, 3.8) is 0 Å². The summed E-state index contributed by atoms with van der Waals surface area (Å²) in [6, 6.07) is 8.50. The highest BCUT2D eigenvalue weighted by atomic mass is 32.1. The van der Waals surface area contributed by atoms with E-state index in [0.29, 0.717) is 30.9 Å². The Morgan fingerprint density at radius 1 is 1.27 bits per heavy atom. The topological polar surface area (TPSA) is 88.3 Å². The van der Waals surface area contributed by atoms with Gasteiger partial charge in [-0.15, -0.1) is 11.3 Å². The maximum atomic E-state index is 12.4. The fraction of sp³-hybridized carbons (Fsp3) is 0.421. The minimum absolute atomic E-state index is 0.0362.